The summed E-state index contributed by atoms with van der Waals surface area (Å²) in [6.07, 6.45) is 3.35. The van der Waals surface area contributed by atoms with Crippen molar-refractivity contribution in [2.24, 2.45) is 0 Å². The van der Waals surface area contributed by atoms with Crippen LogP contribution in [0, 0.1) is 6.92 Å². The fourth-order valence-corrected chi connectivity index (χ4v) is 9.48. The highest BCUT2D eigenvalue weighted by atomic mass is 16.6. The average Bonchev–Trinajstić information content (AvgIpc) is 3.80. The van der Waals surface area contributed by atoms with E-state index < -0.39 is 18.0 Å². The van der Waals surface area contributed by atoms with Gasteiger partial charge in [-0.3, -0.25) is 29.2 Å². The standard InChI is InChI=1S/C43H56N8O9/c1-29-25-30(26-35-39(29)45-42(56)59-35)27-36(60-43(57)50-16-11-33(12-17-50)51-18-8-31-5-2-3-6-34(31)44-41(51)55)40(54)49-14-9-32(10-15-49)47-21-19-46(20-22-47)28-38(53)58-24-23-48-13-4-7-37(48)52/h2-3,5-6,25-26,32-33,36H,4,7-24,27-28H2,1H3,(H,44,55)(H,45,56)/t36-/m1/s1. The summed E-state index contributed by atoms with van der Waals surface area (Å²) in [6, 6.07) is 11.5. The Balaban J connectivity index is 0.842. The summed E-state index contributed by atoms with van der Waals surface area (Å²) in [5.41, 5.74) is 4.38. The number of likely N-dealkylation sites (tertiary alicyclic amines) is 3. The Labute approximate surface area is 348 Å². The van der Waals surface area contributed by atoms with Gasteiger partial charge in [-0.05, 0) is 74.3 Å². The van der Waals surface area contributed by atoms with Crippen molar-refractivity contribution in [3.8, 4) is 0 Å². The van der Waals surface area contributed by atoms with Crippen LogP contribution in [0.2, 0.25) is 0 Å². The molecule has 4 fully saturated rings. The number of anilines is 1. The second-order valence-corrected chi connectivity index (χ2v) is 16.7. The molecule has 4 saturated heterocycles. The van der Waals surface area contributed by atoms with E-state index in [-0.39, 0.29) is 55.5 Å². The van der Waals surface area contributed by atoms with Crippen molar-refractivity contribution in [2.45, 2.75) is 76.5 Å². The number of piperazine rings is 1. The van der Waals surface area contributed by atoms with Gasteiger partial charge in [-0.25, -0.2) is 14.4 Å². The van der Waals surface area contributed by atoms with E-state index in [1.807, 2.05) is 42.2 Å². The summed E-state index contributed by atoms with van der Waals surface area (Å²) in [7, 11) is 0. The van der Waals surface area contributed by atoms with Gasteiger partial charge < -0.3 is 38.8 Å². The van der Waals surface area contributed by atoms with Crippen LogP contribution in [0.25, 0.3) is 11.1 Å². The molecule has 5 amide bonds. The lowest BCUT2D eigenvalue weighted by Gasteiger charge is -2.43. The van der Waals surface area contributed by atoms with Crippen molar-refractivity contribution >= 4 is 46.7 Å². The molecule has 2 N–H and O–H groups in total. The Morgan fingerprint density at radius 2 is 1.58 bits per heavy atom. The van der Waals surface area contributed by atoms with Crippen molar-refractivity contribution in [3.05, 3.63) is 63.6 Å². The molecular weight excluding hydrogens is 773 g/mol. The summed E-state index contributed by atoms with van der Waals surface area (Å²) >= 11 is 0. The molecule has 1 aromatic heterocycles. The molecule has 0 unspecified atom stereocenters. The molecule has 3 aromatic rings. The van der Waals surface area contributed by atoms with Gasteiger partial charge in [-0.2, -0.15) is 0 Å². The van der Waals surface area contributed by atoms with E-state index in [4.69, 9.17) is 13.9 Å². The molecule has 8 rings (SSSR count). The topological polar surface area (TPSA) is 181 Å². The number of urea groups is 1. The Hall–Kier alpha value is -5.42. The molecule has 5 aliphatic rings. The number of ether oxygens (including phenoxy) is 2. The van der Waals surface area contributed by atoms with E-state index in [1.54, 1.807) is 20.8 Å². The largest absolute Gasteiger partial charge is 0.463 e. The lowest BCUT2D eigenvalue weighted by molar-refractivity contribution is -0.147. The molecule has 60 heavy (non-hydrogen) atoms. The number of benzene rings is 2. The summed E-state index contributed by atoms with van der Waals surface area (Å²) in [5, 5.41) is 3.04. The SMILES string of the molecule is Cc1cc(C[C@@H](OC(=O)N2CCC(N3CCc4ccccc4NC3=O)CC2)C(=O)N2CCC(N3CCN(CC(=O)OCCN4CCCC4=O)CC3)CC2)cc2oc(=O)[nH]c12. The predicted molar refractivity (Wildman–Crippen MR) is 220 cm³/mol. The van der Waals surface area contributed by atoms with Gasteiger partial charge in [-0.15, -0.1) is 0 Å². The number of amides is 5. The third-order valence-electron chi connectivity index (χ3n) is 12.9. The molecule has 0 radical (unpaired) electrons. The van der Waals surface area contributed by atoms with Crippen LogP contribution in [0.4, 0.5) is 15.3 Å². The molecule has 322 valence electrons. The van der Waals surface area contributed by atoms with Crippen LogP contribution in [0.5, 0.6) is 0 Å². The molecule has 1 atom stereocenters. The maximum atomic E-state index is 14.3. The third kappa shape index (κ3) is 9.62. The number of aromatic nitrogens is 1. The van der Waals surface area contributed by atoms with Crippen LogP contribution >= 0.6 is 0 Å². The van der Waals surface area contributed by atoms with Crippen molar-refractivity contribution in [2.75, 3.05) is 90.5 Å². The number of esters is 1. The Morgan fingerprint density at radius 1 is 0.850 bits per heavy atom. The molecule has 17 heteroatoms. The number of aromatic amines is 1. The van der Waals surface area contributed by atoms with Crippen molar-refractivity contribution in [1.29, 1.82) is 0 Å². The quantitative estimate of drug-likeness (QED) is 0.272. The zero-order valence-electron chi connectivity index (χ0n) is 34.4. The van der Waals surface area contributed by atoms with Gasteiger partial charge in [0.15, 0.2) is 11.7 Å². The second-order valence-electron chi connectivity index (χ2n) is 16.7. The average molecular weight is 829 g/mol. The van der Waals surface area contributed by atoms with Crippen LogP contribution in [0.1, 0.15) is 55.2 Å². The number of rotatable bonds is 11. The molecule has 0 saturated carbocycles. The Morgan fingerprint density at radius 3 is 2.33 bits per heavy atom. The first-order valence-electron chi connectivity index (χ1n) is 21.5. The zero-order chi connectivity index (χ0) is 41.8. The molecule has 5 aliphatic heterocycles. The van der Waals surface area contributed by atoms with Crippen LogP contribution in [-0.2, 0) is 36.7 Å². The fourth-order valence-electron chi connectivity index (χ4n) is 9.48. The number of hydrogen-bond donors (Lipinski definition) is 2. The molecule has 2 aromatic carbocycles. The van der Waals surface area contributed by atoms with Crippen molar-refractivity contribution in [1.82, 2.24) is 34.4 Å². The van der Waals surface area contributed by atoms with Gasteiger partial charge in [0.05, 0.1) is 18.6 Å². The van der Waals surface area contributed by atoms with E-state index in [0.717, 1.165) is 75.2 Å². The van der Waals surface area contributed by atoms with E-state index >= 15 is 0 Å². The number of oxazole rings is 1. The number of aryl methyl sites for hydroxylation is 1. The van der Waals surface area contributed by atoms with Crippen LogP contribution in [0.3, 0.4) is 0 Å². The number of fused-ring (bicyclic) bond motifs is 2. The third-order valence-corrected chi connectivity index (χ3v) is 12.9. The first-order valence-corrected chi connectivity index (χ1v) is 21.5. The van der Waals surface area contributed by atoms with E-state index in [0.29, 0.717) is 75.2 Å². The van der Waals surface area contributed by atoms with E-state index in [2.05, 4.69) is 20.1 Å². The highest BCUT2D eigenvalue weighted by Gasteiger charge is 2.37. The molecule has 0 bridgehead atoms. The normalized spacial score (nSPS) is 20.6. The summed E-state index contributed by atoms with van der Waals surface area (Å²) in [6.45, 7) is 8.95. The van der Waals surface area contributed by atoms with E-state index in [9.17, 15) is 28.8 Å². The van der Waals surface area contributed by atoms with Gasteiger partial charge in [0.2, 0.25) is 5.91 Å². The van der Waals surface area contributed by atoms with Crippen LogP contribution < -0.4 is 11.1 Å². The van der Waals surface area contributed by atoms with Crippen LogP contribution in [0.15, 0.2) is 45.6 Å². The Kier molecular flexibility index (Phi) is 12.7. The minimum Gasteiger partial charge on any atom is -0.463 e. The highest BCUT2D eigenvalue weighted by Crippen LogP contribution is 2.27. The monoisotopic (exact) mass is 828 g/mol. The minimum absolute atomic E-state index is 0.0317. The number of carbonyl (C=O) groups excluding carboxylic acids is 5. The predicted octanol–water partition coefficient (Wildman–Crippen LogP) is 2.81. The van der Waals surface area contributed by atoms with Gasteiger partial charge in [0, 0.05) is 96.1 Å². The number of nitrogens with one attached hydrogen (secondary N) is 2. The lowest BCUT2D eigenvalue weighted by atomic mass is 9.99. The maximum Gasteiger partial charge on any atom is 0.417 e. The van der Waals surface area contributed by atoms with Crippen molar-refractivity contribution < 1.29 is 37.9 Å². The number of para-hydroxylation sites is 1. The van der Waals surface area contributed by atoms with Gasteiger partial charge in [0.1, 0.15) is 6.61 Å². The van der Waals surface area contributed by atoms with Gasteiger partial charge >= 0.3 is 23.8 Å². The van der Waals surface area contributed by atoms with Gasteiger partial charge in [0.25, 0.3) is 5.91 Å². The number of hydrogen-bond acceptors (Lipinski definition) is 11. The number of nitrogens with zero attached hydrogens (tertiary/aromatic N) is 6. The molecule has 6 heterocycles. The molecular formula is C43H56N8O9. The lowest BCUT2D eigenvalue weighted by Crippen LogP contribution is -2.55. The summed E-state index contributed by atoms with van der Waals surface area (Å²) in [5.74, 6) is -0.981. The summed E-state index contributed by atoms with van der Waals surface area (Å²) in [4.78, 5) is 91.9. The second kappa shape index (κ2) is 18.5. The smallest absolute Gasteiger partial charge is 0.417 e. The zero-order valence-corrected chi connectivity index (χ0v) is 34.4. The Bertz CT molecular complexity index is 2110. The van der Waals surface area contributed by atoms with Crippen molar-refractivity contribution in [3.63, 3.8) is 0 Å². The molecule has 0 spiro atoms. The maximum absolute atomic E-state index is 14.3. The molecule has 0 aliphatic carbocycles. The fraction of sp³-hybridized carbons (Fsp3) is 0.581. The number of carbonyl (C=O) groups is 5. The minimum atomic E-state index is -1.09. The number of piperidine rings is 2. The van der Waals surface area contributed by atoms with Crippen LogP contribution in [-0.4, -0.2) is 168 Å². The highest BCUT2D eigenvalue weighted by molar-refractivity contribution is 5.91. The molecule has 17 nitrogen and oxygen atoms in total. The van der Waals surface area contributed by atoms with Gasteiger partial charge in [-0.1, -0.05) is 24.3 Å². The number of H-pyrrole nitrogens is 1. The summed E-state index contributed by atoms with van der Waals surface area (Å²) < 4.78 is 16.9. The van der Waals surface area contributed by atoms with E-state index in [1.165, 1.54) is 0 Å². The first-order chi connectivity index (χ1) is 29.1. The first kappa shape index (κ1) is 41.3.